The fourth-order valence-electron chi connectivity index (χ4n) is 3.09. The number of hydrogen-bond donors (Lipinski definition) is 2. The van der Waals surface area contributed by atoms with Crippen LogP contribution in [-0.4, -0.2) is 38.8 Å². The minimum atomic E-state index is -0.177. The first kappa shape index (κ1) is 19.8. The molecule has 4 aromatic rings. The van der Waals surface area contributed by atoms with Gasteiger partial charge in [-0.15, -0.1) is 11.3 Å². The standard InChI is InChI=1S/C21H22N6O2S/c1-2-29-18-8-4-3-7-16(18)21(28)22-9-10-27-20-17(13-26-27)19(24-14-25-20)23-12-15-6-5-11-30-15/h3-8,11,13-14H,2,9-10,12H2,1H3,(H,22,28)(H,23,24,25). The smallest absolute Gasteiger partial charge is 0.255 e. The molecular weight excluding hydrogens is 400 g/mol. The number of amides is 1. The van der Waals surface area contributed by atoms with Crippen LogP contribution in [0.25, 0.3) is 11.0 Å². The molecule has 0 aliphatic heterocycles. The van der Waals surface area contributed by atoms with E-state index in [2.05, 4.69) is 31.8 Å². The Bertz CT molecular complexity index is 1130. The molecule has 0 atom stereocenters. The summed E-state index contributed by atoms with van der Waals surface area (Å²) in [6, 6.07) is 11.3. The molecule has 1 aromatic carbocycles. The highest BCUT2D eigenvalue weighted by atomic mass is 32.1. The summed E-state index contributed by atoms with van der Waals surface area (Å²) in [5.41, 5.74) is 1.25. The summed E-state index contributed by atoms with van der Waals surface area (Å²) in [4.78, 5) is 22.5. The van der Waals surface area contributed by atoms with Gasteiger partial charge in [0, 0.05) is 11.4 Å². The highest BCUT2D eigenvalue weighted by Gasteiger charge is 2.13. The summed E-state index contributed by atoms with van der Waals surface area (Å²) in [6.07, 6.45) is 3.27. The molecule has 3 aromatic heterocycles. The van der Waals surface area contributed by atoms with Crippen molar-refractivity contribution < 1.29 is 9.53 Å². The summed E-state index contributed by atoms with van der Waals surface area (Å²) < 4.78 is 7.30. The normalized spacial score (nSPS) is 10.8. The molecule has 2 N–H and O–H groups in total. The second kappa shape index (κ2) is 9.36. The largest absolute Gasteiger partial charge is 0.493 e. The number of fused-ring (bicyclic) bond motifs is 1. The van der Waals surface area contributed by atoms with Gasteiger partial charge in [-0.2, -0.15) is 5.10 Å². The van der Waals surface area contributed by atoms with Crippen molar-refractivity contribution in [3.8, 4) is 5.75 Å². The van der Waals surface area contributed by atoms with E-state index in [1.54, 1.807) is 34.3 Å². The van der Waals surface area contributed by atoms with E-state index in [1.165, 1.54) is 11.2 Å². The minimum absolute atomic E-state index is 0.177. The number of benzene rings is 1. The lowest BCUT2D eigenvalue weighted by Gasteiger charge is -2.10. The number of aromatic nitrogens is 4. The van der Waals surface area contributed by atoms with Crippen LogP contribution in [0, 0.1) is 0 Å². The van der Waals surface area contributed by atoms with Crippen LogP contribution in [0.5, 0.6) is 5.75 Å². The number of ether oxygens (including phenoxy) is 1. The van der Waals surface area contributed by atoms with Gasteiger partial charge >= 0.3 is 0 Å². The van der Waals surface area contributed by atoms with Gasteiger partial charge in [-0.1, -0.05) is 18.2 Å². The zero-order chi connectivity index (χ0) is 20.8. The van der Waals surface area contributed by atoms with E-state index < -0.39 is 0 Å². The van der Waals surface area contributed by atoms with E-state index in [-0.39, 0.29) is 5.91 Å². The summed E-state index contributed by atoms with van der Waals surface area (Å²) in [7, 11) is 0. The Labute approximate surface area is 177 Å². The summed E-state index contributed by atoms with van der Waals surface area (Å²) in [5, 5.41) is 13.6. The van der Waals surface area contributed by atoms with Crippen LogP contribution in [0.4, 0.5) is 5.82 Å². The lowest BCUT2D eigenvalue weighted by Crippen LogP contribution is -2.28. The van der Waals surface area contributed by atoms with E-state index in [0.29, 0.717) is 37.6 Å². The lowest BCUT2D eigenvalue weighted by atomic mass is 10.2. The molecule has 0 saturated carbocycles. The average Bonchev–Trinajstić information content (AvgIpc) is 3.43. The predicted molar refractivity (Wildman–Crippen MR) is 117 cm³/mol. The van der Waals surface area contributed by atoms with Crippen molar-refractivity contribution in [2.75, 3.05) is 18.5 Å². The molecule has 3 heterocycles. The molecule has 8 nitrogen and oxygen atoms in total. The van der Waals surface area contributed by atoms with Crippen molar-refractivity contribution in [2.24, 2.45) is 0 Å². The maximum absolute atomic E-state index is 12.5. The van der Waals surface area contributed by atoms with Gasteiger partial charge in [0.2, 0.25) is 0 Å². The second-order valence-corrected chi connectivity index (χ2v) is 7.48. The number of carbonyl (C=O) groups excluding carboxylic acids is 1. The molecule has 0 aliphatic rings. The van der Waals surface area contributed by atoms with Gasteiger partial charge < -0.3 is 15.4 Å². The minimum Gasteiger partial charge on any atom is -0.493 e. The second-order valence-electron chi connectivity index (χ2n) is 6.45. The van der Waals surface area contributed by atoms with Gasteiger partial charge in [-0.3, -0.25) is 4.79 Å². The third kappa shape index (κ3) is 4.41. The first-order valence-corrected chi connectivity index (χ1v) is 10.6. The maximum atomic E-state index is 12.5. The molecule has 0 saturated heterocycles. The van der Waals surface area contributed by atoms with Crippen molar-refractivity contribution in [3.63, 3.8) is 0 Å². The van der Waals surface area contributed by atoms with Crippen LogP contribution in [0.2, 0.25) is 0 Å². The molecule has 154 valence electrons. The number of nitrogens with one attached hydrogen (secondary N) is 2. The van der Waals surface area contributed by atoms with Crippen LogP contribution < -0.4 is 15.4 Å². The molecule has 0 radical (unpaired) electrons. The van der Waals surface area contributed by atoms with Crippen LogP contribution in [0.3, 0.4) is 0 Å². The van der Waals surface area contributed by atoms with Crippen LogP contribution >= 0.6 is 11.3 Å². The number of hydrogen-bond acceptors (Lipinski definition) is 7. The molecule has 30 heavy (non-hydrogen) atoms. The molecule has 4 rings (SSSR count). The molecular formula is C21H22N6O2S. The zero-order valence-electron chi connectivity index (χ0n) is 16.5. The monoisotopic (exact) mass is 422 g/mol. The van der Waals surface area contributed by atoms with Crippen LogP contribution in [-0.2, 0) is 13.1 Å². The number of carbonyl (C=O) groups is 1. The van der Waals surface area contributed by atoms with E-state index >= 15 is 0 Å². The molecule has 0 bridgehead atoms. The van der Waals surface area contributed by atoms with Crippen molar-refractivity contribution in [1.82, 2.24) is 25.1 Å². The number of thiophene rings is 1. The Hall–Kier alpha value is -3.46. The van der Waals surface area contributed by atoms with Gasteiger partial charge in [-0.25, -0.2) is 14.6 Å². The van der Waals surface area contributed by atoms with E-state index in [4.69, 9.17) is 4.74 Å². The maximum Gasteiger partial charge on any atom is 0.255 e. The Morgan fingerprint density at radius 3 is 2.93 bits per heavy atom. The van der Waals surface area contributed by atoms with Gasteiger partial charge in [0.1, 0.15) is 17.9 Å². The number of rotatable bonds is 9. The molecule has 1 amide bonds. The Balaban J connectivity index is 1.40. The van der Waals surface area contributed by atoms with Gasteiger partial charge in [0.15, 0.2) is 5.65 Å². The van der Waals surface area contributed by atoms with E-state index in [0.717, 1.165) is 16.9 Å². The third-order valence-corrected chi connectivity index (χ3v) is 5.36. The number of para-hydroxylation sites is 1. The summed E-state index contributed by atoms with van der Waals surface area (Å²) in [6.45, 7) is 4.00. The van der Waals surface area contributed by atoms with Gasteiger partial charge in [0.25, 0.3) is 5.91 Å². The highest BCUT2D eigenvalue weighted by Crippen LogP contribution is 2.20. The van der Waals surface area contributed by atoms with Gasteiger partial charge in [0.05, 0.1) is 36.8 Å². The lowest BCUT2D eigenvalue weighted by molar-refractivity contribution is 0.0948. The van der Waals surface area contributed by atoms with E-state index in [9.17, 15) is 4.79 Å². The number of nitrogens with zero attached hydrogens (tertiary/aromatic N) is 4. The molecule has 0 spiro atoms. The van der Waals surface area contributed by atoms with Crippen molar-refractivity contribution >= 4 is 34.1 Å². The first-order valence-electron chi connectivity index (χ1n) is 9.69. The number of anilines is 1. The quantitative estimate of drug-likeness (QED) is 0.430. The van der Waals surface area contributed by atoms with E-state index in [1.807, 2.05) is 30.5 Å². The molecule has 0 unspecified atom stereocenters. The Morgan fingerprint density at radius 1 is 1.20 bits per heavy atom. The first-order chi connectivity index (χ1) is 14.8. The highest BCUT2D eigenvalue weighted by molar-refractivity contribution is 7.09. The zero-order valence-corrected chi connectivity index (χ0v) is 17.4. The Kier molecular flexibility index (Phi) is 6.19. The van der Waals surface area contributed by atoms with Crippen LogP contribution in [0.1, 0.15) is 22.2 Å². The average molecular weight is 423 g/mol. The third-order valence-electron chi connectivity index (χ3n) is 4.48. The Morgan fingerprint density at radius 2 is 2.10 bits per heavy atom. The fraction of sp³-hybridized carbons (Fsp3) is 0.238. The van der Waals surface area contributed by atoms with Crippen molar-refractivity contribution in [1.29, 1.82) is 0 Å². The van der Waals surface area contributed by atoms with Crippen molar-refractivity contribution in [2.45, 2.75) is 20.0 Å². The fourth-order valence-corrected chi connectivity index (χ4v) is 3.73. The van der Waals surface area contributed by atoms with Gasteiger partial charge in [-0.05, 0) is 30.5 Å². The molecule has 0 aliphatic carbocycles. The summed E-state index contributed by atoms with van der Waals surface area (Å²) in [5.74, 6) is 1.15. The topological polar surface area (TPSA) is 94.0 Å². The molecule has 0 fully saturated rings. The molecule has 9 heteroatoms. The van der Waals surface area contributed by atoms with Crippen LogP contribution in [0.15, 0.2) is 54.3 Å². The predicted octanol–water partition coefficient (Wildman–Crippen LogP) is 3.33. The SMILES string of the molecule is CCOc1ccccc1C(=O)NCCn1ncc2c(NCc3cccs3)ncnc21. The van der Waals surface area contributed by atoms with Crippen molar-refractivity contribution in [3.05, 3.63) is 64.7 Å². The summed E-state index contributed by atoms with van der Waals surface area (Å²) >= 11 is 1.69.